The molecule has 0 spiro atoms. The van der Waals surface area contributed by atoms with E-state index in [0.717, 1.165) is 12.1 Å². The van der Waals surface area contributed by atoms with Crippen LogP contribution in [0.25, 0.3) is 5.57 Å². The van der Waals surface area contributed by atoms with Gasteiger partial charge in [0.15, 0.2) is 0 Å². The number of carbonyl (C=O) groups is 3. The van der Waals surface area contributed by atoms with Crippen molar-refractivity contribution in [2.45, 2.75) is 27.2 Å². The highest BCUT2D eigenvalue weighted by atomic mass is 16.2. The van der Waals surface area contributed by atoms with Gasteiger partial charge in [0, 0.05) is 31.4 Å². The Kier molecular flexibility index (Phi) is 5.16. The minimum Gasteiger partial charge on any atom is -0.336 e. The lowest BCUT2D eigenvalue weighted by Gasteiger charge is -2.22. The Labute approximate surface area is 176 Å². The average Bonchev–Trinajstić information content (AvgIpc) is 3.22. The fraction of sp³-hybridized carbons (Fsp3) is 0.292. The van der Waals surface area contributed by atoms with Gasteiger partial charge in [0.25, 0.3) is 11.8 Å². The Morgan fingerprint density at radius 3 is 2.40 bits per heavy atom. The van der Waals surface area contributed by atoms with Crippen LogP contribution in [0.4, 0.5) is 11.4 Å². The van der Waals surface area contributed by atoms with Crippen LogP contribution in [0, 0.1) is 5.92 Å². The average molecular weight is 403 g/mol. The first-order valence-electron chi connectivity index (χ1n) is 10.2. The van der Waals surface area contributed by atoms with Gasteiger partial charge < -0.3 is 10.2 Å². The molecule has 2 aliphatic rings. The maximum atomic E-state index is 13.4. The Bertz CT molecular complexity index is 1050. The summed E-state index contributed by atoms with van der Waals surface area (Å²) in [6.45, 7) is 6.47. The summed E-state index contributed by atoms with van der Waals surface area (Å²) in [5.74, 6) is -0.496. The van der Waals surface area contributed by atoms with E-state index in [9.17, 15) is 14.4 Å². The van der Waals surface area contributed by atoms with Gasteiger partial charge in [0.2, 0.25) is 5.91 Å². The topological polar surface area (TPSA) is 69.7 Å². The summed E-state index contributed by atoms with van der Waals surface area (Å²) in [7, 11) is 0. The SMILES string of the molecule is CC(=O)Nc1ccc(C2=C(N3CCc4ccccc43)C(=O)N(CC(C)C)C2=O)cc1. The van der Waals surface area contributed by atoms with Crippen LogP contribution in [-0.4, -0.2) is 35.7 Å². The standard InChI is InChI=1S/C24H25N3O3/c1-15(2)14-27-23(29)21(18-8-10-19(11-9-18)25-16(3)28)22(24(27)30)26-13-12-17-6-4-5-7-20(17)26/h4-11,15H,12-14H2,1-3H3,(H,25,28). The third-order valence-corrected chi connectivity index (χ3v) is 5.34. The summed E-state index contributed by atoms with van der Waals surface area (Å²) in [6.07, 6.45) is 0.833. The van der Waals surface area contributed by atoms with E-state index in [2.05, 4.69) is 11.4 Å². The van der Waals surface area contributed by atoms with E-state index in [4.69, 9.17) is 0 Å². The maximum Gasteiger partial charge on any atom is 0.278 e. The summed E-state index contributed by atoms with van der Waals surface area (Å²) in [6, 6.07) is 15.1. The lowest BCUT2D eigenvalue weighted by molar-refractivity contribution is -0.137. The van der Waals surface area contributed by atoms with E-state index in [1.54, 1.807) is 24.3 Å². The van der Waals surface area contributed by atoms with E-state index in [1.807, 2.05) is 36.9 Å². The molecule has 0 atom stereocenters. The number of benzene rings is 2. The van der Waals surface area contributed by atoms with Gasteiger partial charge in [-0.3, -0.25) is 19.3 Å². The van der Waals surface area contributed by atoms with Gasteiger partial charge in [-0.2, -0.15) is 0 Å². The quantitative estimate of drug-likeness (QED) is 0.777. The van der Waals surface area contributed by atoms with E-state index in [1.165, 1.54) is 17.4 Å². The monoisotopic (exact) mass is 403 g/mol. The lowest BCUT2D eigenvalue weighted by atomic mass is 10.0. The van der Waals surface area contributed by atoms with E-state index in [-0.39, 0.29) is 23.6 Å². The van der Waals surface area contributed by atoms with Crippen molar-refractivity contribution in [2.75, 3.05) is 23.3 Å². The van der Waals surface area contributed by atoms with Crippen molar-refractivity contribution in [3.63, 3.8) is 0 Å². The summed E-state index contributed by atoms with van der Waals surface area (Å²) in [5.41, 5.74) is 4.34. The highest BCUT2D eigenvalue weighted by molar-refractivity contribution is 6.36. The number of imide groups is 1. The largest absolute Gasteiger partial charge is 0.336 e. The molecule has 4 rings (SSSR count). The Morgan fingerprint density at radius 2 is 1.73 bits per heavy atom. The van der Waals surface area contributed by atoms with Crippen LogP contribution in [0.5, 0.6) is 0 Å². The normalized spacial score (nSPS) is 16.0. The molecule has 0 aromatic heterocycles. The van der Waals surface area contributed by atoms with Crippen molar-refractivity contribution in [1.82, 2.24) is 4.90 Å². The predicted molar refractivity (Wildman–Crippen MR) is 117 cm³/mol. The predicted octanol–water partition coefficient (Wildman–Crippen LogP) is 3.44. The van der Waals surface area contributed by atoms with Crippen molar-refractivity contribution in [3.8, 4) is 0 Å². The van der Waals surface area contributed by atoms with Crippen molar-refractivity contribution in [2.24, 2.45) is 5.92 Å². The van der Waals surface area contributed by atoms with E-state index < -0.39 is 0 Å². The summed E-state index contributed by atoms with van der Waals surface area (Å²) in [5, 5.41) is 2.73. The number of para-hydroxylation sites is 1. The minimum atomic E-state index is -0.264. The highest BCUT2D eigenvalue weighted by Gasteiger charge is 2.43. The van der Waals surface area contributed by atoms with Crippen LogP contribution in [0.1, 0.15) is 31.9 Å². The Morgan fingerprint density at radius 1 is 1.03 bits per heavy atom. The molecule has 2 aliphatic heterocycles. The zero-order valence-corrected chi connectivity index (χ0v) is 17.4. The van der Waals surface area contributed by atoms with Crippen LogP contribution < -0.4 is 10.2 Å². The zero-order chi connectivity index (χ0) is 21.4. The van der Waals surface area contributed by atoms with Crippen molar-refractivity contribution >= 4 is 34.7 Å². The number of amides is 3. The molecule has 6 nitrogen and oxygen atoms in total. The molecule has 3 amide bonds. The molecule has 2 aromatic carbocycles. The minimum absolute atomic E-state index is 0.161. The van der Waals surface area contributed by atoms with Gasteiger partial charge in [-0.15, -0.1) is 0 Å². The molecule has 0 saturated heterocycles. The molecular weight excluding hydrogens is 378 g/mol. The smallest absolute Gasteiger partial charge is 0.278 e. The zero-order valence-electron chi connectivity index (χ0n) is 17.4. The van der Waals surface area contributed by atoms with Gasteiger partial charge in [-0.25, -0.2) is 0 Å². The summed E-state index contributed by atoms with van der Waals surface area (Å²) < 4.78 is 0. The fourth-order valence-electron chi connectivity index (χ4n) is 4.10. The lowest BCUT2D eigenvalue weighted by Crippen LogP contribution is -2.37. The van der Waals surface area contributed by atoms with Crippen LogP contribution in [0.3, 0.4) is 0 Å². The number of carbonyl (C=O) groups excluding carboxylic acids is 3. The molecule has 1 N–H and O–H groups in total. The van der Waals surface area contributed by atoms with Gasteiger partial charge >= 0.3 is 0 Å². The first kappa shape index (κ1) is 19.9. The number of anilines is 2. The summed E-state index contributed by atoms with van der Waals surface area (Å²) >= 11 is 0. The summed E-state index contributed by atoms with van der Waals surface area (Å²) in [4.78, 5) is 41.4. The second-order valence-electron chi connectivity index (χ2n) is 8.13. The van der Waals surface area contributed by atoms with Crippen molar-refractivity contribution < 1.29 is 14.4 Å². The molecule has 2 heterocycles. The number of nitrogens with one attached hydrogen (secondary N) is 1. The number of hydrogen-bond acceptors (Lipinski definition) is 4. The number of hydrogen-bond donors (Lipinski definition) is 1. The first-order chi connectivity index (χ1) is 14.4. The van der Waals surface area contributed by atoms with Gasteiger partial charge in [0.1, 0.15) is 5.70 Å². The molecule has 154 valence electrons. The van der Waals surface area contributed by atoms with Gasteiger partial charge in [-0.1, -0.05) is 44.2 Å². The Hall–Kier alpha value is -3.41. The van der Waals surface area contributed by atoms with E-state index in [0.29, 0.717) is 35.6 Å². The van der Waals surface area contributed by atoms with Gasteiger partial charge in [0.05, 0.1) is 5.57 Å². The second kappa shape index (κ2) is 7.78. The molecule has 30 heavy (non-hydrogen) atoms. The molecule has 0 bridgehead atoms. The Balaban J connectivity index is 1.80. The van der Waals surface area contributed by atoms with Crippen molar-refractivity contribution in [1.29, 1.82) is 0 Å². The van der Waals surface area contributed by atoms with Crippen molar-refractivity contribution in [3.05, 3.63) is 65.4 Å². The molecule has 0 aliphatic carbocycles. The van der Waals surface area contributed by atoms with Crippen LogP contribution in [0.15, 0.2) is 54.2 Å². The second-order valence-corrected chi connectivity index (χ2v) is 8.13. The third kappa shape index (κ3) is 3.49. The first-order valence-corrected chi connectivity index (χ1v) is 10.2. The molecule has 6 heteroatoms. The molecule has 0 radical (unpaired) electrons. The third-order valence-electron chi connectivity index (χ3n) is 5.34. The molecule has 0 saturated carbocycles. The highest BCUT2D eigenvalue weighted by Crippen LogP contribution is 2.38. The van der Waals surface area contributed by atoms with E-state index >= 15 is 0 Å². The number of fused-ring (bicyclic) bond motifs is 1. The van der Waals surface area contributed by atoms with Crippen LogP contribution in [-0.2, 0) is 20.8 Å². The molecular formula is C24H25N3O3. The molecule has 0 unspecified atom stereocenters. The van der Waals surface area contributed by atoms with Crippen LogP contribution in [0.2, 0.25) is 0 Å². The van der Waals surface area contributed by atoms with Crippen LogP contribution >= 0.6 is 0 Å². The fourth-order valence-corrected chi connectivity index (χ4v) is 4.10. The van der Waals surface area contributed by atoms with Gasteiger partial charge in [-0.05, 0) is 41.7 Å². The molecule has 2 aromatic rings. The number of nitrogens with zero attached hydrogens (tertiary/aromatic N) is 2. The maximum absolute atomic E-state index is 13.4. The number of rotatable bonds is 5. The molecule has 0 fully saturated rings.